The molecule has 5 nitrogen and oxygen atoms in total. The maximum absolute atomic E-state index is 4.93. The summed E-state index contributed by atoms with van der Waals surface area (Å²) < 4.78 is 0. The van der Waals surface area contributed by atoms with Crippen molar-refractivity contribution in [2.24, 2.45) is 0 Å². The average molecular weight is 950 g/mol. The first kappa shape index (κ1) is 39.8. The summed E-state index contributed by atoms with van der Waals surface area (Å²) in [4.78, 5) is 23.5. The van der Waals surface area contributed by atoms with E-state index in [-0.39, 0.29) is 20.1 Å². The monoisotopic (exact) mass is 950 g/mol. The van der Waals surface area contributed by atoms with Crippen LogP contribution in [0.5, 0.6) is 0 Å². The van der Waals surface area contributed by atoms with E-state index in [0.29, 0.717) is 0 Å². The van der Waals surface area contributed by atoms with E-state index in [2.05, 4.69) is 115 Å². The van der Waals surface area contributed by atoms with Gasteiger partial charge in [0.25, 0.3) is 0 Å². The largest absolute Gasteiger partial charge is 0.305 e. The molecule has 0 bridgehead atoms. The predicted molar refractivity (Wildman–Crippen MR) is 241 cm³/mol. The van der Waals surface area contributed by atoms with Gasteiger partial charge in [-0.05, 0) is 103 Å². The molecular formula is C54H39IrN5-2. The number of hydrogen-bond donors (Lipinski definition) is 0. The van der Waals surface area contributed by atoms with E-state index in [0.717, 1.165) is 94.7 Å². The number of aryl methyl sites for hydroxylation is 3. The molecule has 0 amide bonds. The molecular weight excluding hydrogens is 911 g/mol. The molecule has 0 spiro atoms. The zero-order valence-corrected chi connectivity index (χ0v) is 35.8. The second-order valence-corrected chi connectivity index (χ2v) is 14.6. The second-order valence-electron chi connectivity index (χ2n) is 14.6. The Kier molecular flexibility index (Phi) is 11.9. The fourth-order valence-electron chi connectivity index (χ4n) is 7.66. The quantitative estimate of drug-likeness (QED) is 0.123. The van der Waals surface area contributed by atoms with E-state index in [1.54, 1.807) is 0 Å². The number of fused-ring (bicyclic) bond motifs is 3. The summed E-state index contributed by atoms with van der Waals surface area (Å²) in [5.41, 5.74) is 17.8. The topological polar surface area (TPSA) is 64.5 Å². The average Bonchev–Trinajstić information content (AvgIpc) is 3.29. The first-order valence-electron chi connectivity index (χ1n) is 19.6. The minimum atomic E-state index is 0. The molecule has 5 aromatic carbocycles. The summed E-state index contributed by atoms with van der Waals surface area (Å²) >= 11 is 0. The molecule has 0 aliphatic heterocycles. The fourth-order valence-corrected chi connectivity index (χ4v) is 7.66. The van der Waals surface area contributed by atoms with E-state index in [1.165, 1.54) is 11.1 Å². The van der Waals surface area contributed by atoms with Gasteiger partial charge in [-0.1, -0.05) is 90.3 Å². The van der Waals surface area contributed by atoms with Crippen LogP contribution in [0, 0.1) is 32.9 Å². The number of hydrogen-bond acceptors (Lipinski definition) is 5. The van der Waals surface area contributed by atoms with E-state index >= 15 is 0 Å². The van der Waals surface area contributed by atoms with Crippen LogP contribution in [0.4, 0.5) is 0 Å². The minimum absolute atomic E-state index is 0. The van der Waals surface area contributed by atoms with Gasteiger partial charge in [-0.25, -0.2) is 0 Å². The maximum Gasteiger partial charge on any atom is 0.0787 e. The Labute approximate surface area is 364 Å². The van der Waals surface area contributed by atoms with Crippen LogP contribution < -0.4 is 0 Å². The Morgan fingerprint density at radius 2 is 1.13 bits per heavy atom. The van der Waals surface area contributed by atoms with Crippen molar-refractivity contribution in [1.29, 1.82) is 0 Å². The molecule has 60 heavy (non-hydrogen) atoms. The van der Waals surface area contributed by atoms with Gasteiger partial charge in [-0.15, -0.1) is 59.2 Å². The molecule has 10 rings (SSSR count). The van der Waals surface area contributed by atoms with Gasteiger partial charge >= 0.3 is 0 Å². The van der Waals surface area contributed by atoms with Crippen molar-refractivity contribution >= 4 is 21.8 Å². The van der Waals surface area contributed by atoms with Crippen LogP contribution in [0.3, 0.4) is 0 Å². The fraction of sp³-hybridized carbons (Fsp3) is 0.0556. The predicted octanol–water partition coefficient (Wildman–Crippen LogP) is 13.2. The number of rotatable bonds is 6. The zero-order valence-electron chi connectivity index (χ0n) is 33.4. The van der Waals surface area contributed by atoms with Gasteiger partial charge in [-0.3, -0.25) is 15.0 Å². The van der Waals surface area contributed by atoms with Gasteiger partial charge in [0.05, 0.1) is 16.7 Å². The Balaban J connectivity index is 0.000000220. The summed E-state index contributed by atoms with van der Waals surface area (Å²) in [7, 11) is 0. The Hall–Kier alpha value is -6.98. The van der Waals surface area contributed by atoms with Gasteiger partial charge < -0.3 is 9.97 Å². The molecule has 6 heteroatoms. The van der Waals surface area contributed by atoms with Crippen molar-refractivity contribution in [3.63, 3.8) is 0 Å². The molecule has 5 aromatic heterocycles. The second kappa shape index (κ2) is 17.9. The number of benzene rings is 5. The maximum atomic E-state index is 4.93. The van der Waals surface area contributed by atoms with Crippen LogP contribution in [-0.2, 0) is 20.1 Å². The molecule has 0 N–H and O–H groups in total. The smallest absolute Gasteiger partial charge is 0.0787 e. The summed E-state index contributed by atoms with van der Waals surface area (Å²) in [5, 5.41) is 2.19. The Bertz CT molecular complexity index is 3000. The molecule has 5 heterocycles. The molecule has 1 radical (unpaired) electrons. The molecule has 10 aromatic rings. The molecule has 0 aliphatic rings. The third-order valence-electron chi connectivity index (χ3n) is 10.4. The Morgan fingerprint density at radius 1 is 0.450 bits per heavy atom. The third kappa shape index (κ3) is 8.43. The summed E-state index contributed by atoms with van der Waals surface area (Å²) in [5.74, 6) is 0. The van der Waals surface area contributed by atoms with Gasteiger partial charge in [0.15, 0.2) is 0 Å². The summed E-state index contributed by atoms with van der Waals surface area (Å²) in [6.45, 7) is 6.29. The molecule has 0 aliphatic carbocycles. The van der Waals surface area contributed by atoms with Crippen LogP contribution in [0.15, 0.2) is 183 Å². The molecule has 0 saturated heterocycles. The van der Waals surface area contributed by atoms with E-state index in [4.69, 9.17) is 15.0 Å². The summed E-state index contributed by atoms with van der Waals surface area (Å²) in [6.07, 6.45) is 7.34. The molecule has 0 atom stereocenters. The summed E-state index contributed by atoms with van der Waals surface area (Å²) in [6, 6.07) is 60.6. The van der Waals surface area contributed by atoms with E-state index in [1.807, 2.05) is 111 Å². The Morgan fingerprint density at radius 3 is 1.88 bits per heavy atom. The number of pyridine rings is 5. The van der Waals surface area contributed by atoms with Gasteiger partial charge in [0.1, 0.15) is 0 Å². The first-order chi connectivity index (χ1) is 29.0. The standard InChI is InChI=1S/C37H27N4.C17H12N.Ir/c1-23-16-25(3)41-35(17-23)29-19-27(32-21-26(12-11-24(32)2)34-10-4-5-13-38-34)18-28(20-29)33-22-36-30(8-6-14-39-36)31-9-7-15-40-37(31)33;1-2-8-14(9-3-1)15-10-4-5-11-16(15)17-12-6-7-13-18-17;/h4-11,13-22H,1-3H3;1-10,12-13H;/q2*-1;. The van der Waals surface area contributed by atoms with Crippen LogP contribution in [0.2, 0.25) is 0 Å². The van der Waals surface area contributed by atoms with Crippen LogP contribution in [-0.4, -0.2) is 24.9 Å². The van der Waals surface area contributed by atoms with Gasteiger partial charge in [0.2, 0.25) is 0 Å². The first-order valence-corrected chi connectivity index (χ1v) is 19.6. The van der Waals surface area contributed by atoms with Crippen LogP contribution in [0.1, 0.15) is 16.8 Å². The van der Waals surface area contributed by atoms with Crippen molar-refractivity contribution < 1.29 is 20.1 Å². The van der Waals surface area contributed by atoms with Crippen molar-refractivity contribution in [3.8, 4) is 67.2 Å². The number of aromatic nitrogens is 5. The zero-order chi connectivity index (χ0) is 40.1. The SMILES string of the molecule is Cc1cc(C)nc(-c2cc(-c3cc(-c4ccccn4)[c-]cc3C)cc(-c3cc4ncccc4c4cccnc34)c2)c1.[Ir].[c-]1cccc(-c2ccccc2)c1-c1ccccn1. The van der Waals surface area contributed by atoms with Crippen molar-refractivity contribution in [1.82, 2.24) is 24.9 Å². The normalized spacial score (nSPS) is 10.8. The minimum Gasteiger partial charge on any atom is -0.305 e. The molecule has 0 saturated carbocycles. The van der Waals surface area contributed by atoms with Crippen molar-refractivity contribution in [3.05, 3.63) is 211 Å². The van der Waals surface area contributed by atoms with E-state index in [9.17, 15) is 0 Å². The van der Waals surface area contributed by atoms with Crippen LogP contribution in [0.25, 0.3) is 89.0 Å². The van der Waals surface area contributed by atoms with Crippen molar-refractivity contribution in [2.45, 2.75) is 20.8 Å². The van der Waals surface area contributed by atoms with Gasteiger partial charge in [0, 0.05) is 72.5 Å². The van der Waals surface area contributed by atoms with Crippen LogP contribution >= 0.6 is 0 Å². The molecule has 0 fully saturated rings. The van der Waals surface area contributed by atoms with Crippen molar-refractivity contribution in [2.75, 3.05) is 0 Å². The molecule has 0 unspecified atom stereocenters. The van der Waals surface area contributed by atoms with E-state index < -0.39 is 0 Å². The van der Waals surface area contributed by atoms with Gasteiger partial charge in [-0.2, -0.15) is 0 Å². The third-order valence-corrected chi connectivity index (χ3v) is 10.4. The molecule has 291 valence electrons. The number of nitrogens with zero attached hydrogens (tertiary/aromatic N) is 5.